The van der Waals surface area contributed by atoms with Crippen LogP contribution in [0.15, 0.2) is 6.20 Å². The normalized spacial score (nSPS) is 8.64. The van der Waals surface area contributed by atoms with E-state index >= 15 is 0 Å². The fourth-order valence-corrected chi connectivity index (χ4v) is 0.945. The third kappa shape index (κ3) is 2.47. The maximum absolute atomic E-state index is 5.10. The first-order valence-electron chi connectivity index (χ1n) is 3.13. The molecular weight excluding hydrogens is 149 g/mol. The van der Waals surface area contributed by atoms with Crippen molar-refractivity contribution in [3.8, 4) is 5.75 Å². The summed E-state index contributed by atoms with van der Waals surface area (Å²) in [5.74, 6) is 0.884. The first-order chi connectivity index (χ1) is 4.75. The second kappa shape index (κ2) is 4.75. The number of pyridine rings is 1. The third-order valence-corrected chi connectivity index (χ3v) is 1.39. The van der Waals surface area contributed by atoms with Crippen molar-refractivity contribution < 1.29 is 4.74 Å². The van der Waals surface area contributed by atoms with Crippen molar-refractivity contribution in [2.45, 2.75) is 13.8 Å². The summed E-state index contributed by atoms with van der Waals surface area (Å²) < 4.78 is 5.10. The number of aryl methyl sites for hydroxylation is 2. The second-order valence-corrected chi connectivity index (χ2v) is 2.21. The van der Waals surface area contributed by atoms with Crippen LogP contribution in [0.25, 0.3) is 0 Å². The molecule has 0 aliphatic rings. The van der Waals surface area contributed by atoms with Crippen LogP contribution in [0.5, 0.6) is 5.75 Å². The van der Waals surface area contributed by atoms with Crippen LogP contribution in [0.2, 0.25) is 0 Å². The average molecular weight is 160 g/mol. The molecule has 1 aromatic rings. The zero-order valence-corrected chi connectivity index (χ0v) is 6.43. The second-order valence-electron chi connectivity index (χ2n) is 2.21. The van der Waals surface area contributed by atoms with Gasteiger partial charge in [0.2, 0.25) is 0 Å². The van der Waals surface area contributed by atoms with Gasteiger partial charge in [-0.25, -0.2) is 0 Å². The summed E-state index contributed by atoms with van der Waals surface area (Å²) in [4.78, 5) is 3.89. The summed E-state index contributed by atoms with van der Waals surface area (Å²) in [5.41, 5.74) is 2.02. The molecule has 3 heteroatoms. The molecule has 11 heavy (non-hydrogen) atoms. The third-order valence-electron chi connectivity index (χ3n) is 1.39. The van der Waals surface area contributed by atoms with Gasteiger partial charge in [0.25, 0.3) is 0 Å². The van der Waals surface area contributed by atoms with Crippen LogP contribution >= 0.6 is 0 Å². The molecule has 0 bridgehead atoms. The van der Waals surface area contributed by atoms with E-state index in [9.17, 15) is 0 Å². The van der Waals surface area contributed by atoms with Crippen LogP contribution in [0.1, 0.15) is 11.1 Å². The molecule has 0 aromatic carbocycles. The van der Waals surface area contributed by atoms with Gasteiger partial charge in [0, 0.05) is 17.3 Å². The Labute approximate surface area is 89.3 Å². The number of nitrogens with zero attached hydrogens (tertiary/aromatic N) is 1. The van der Waals surface area contributed by atoms with Gasteiger partial charge >= 0.3 is 29.6 Å². The van der Waals surface area contributed by atoms with Crippen molar-refractivity contribution in [3.05, 3.63) is 23.5 Å². The molecule has 0 N–H and O–H groups in total. The molecule has 2 nitrogen and oxygen atoms in total. The van der Waals surface area contributed by atoms with Crippen LogP contribution in [-0.4, -0.2) is 41.7 Å². The predicted molar refractivity (Wildman–Crippen MR) is 46.2 cm³/mol. The summed E-state index contributed by atoms with van der Waals surface area (Å²) >= 11 is 0. The summed E-state index contributed by atoms with van der Waals surface area (Å²) in [7, 11) is 1.66. The molecule has 1 heterocycles. The Kier molecular flexibility index (Phi) is 4.73. The van der Waals surface area contributed by atoms with Crippen LogP contribution in [0.4, 0.5) is 0 Å². The minimum atomic E-state index is 0. The van der Waals surface area contributed by atoms with Gasteiger partial charge in [-0.05, 0) is 13.8 Å². The average Bonchev–Trinajstić information content (AvgIpc) is 1.88. The molecule has 0 spiro atoms. The molecule has 1 radical (unpaired) electrons. The standard InChI is InChI=1S/C8H10NO.Na.H/c1-6-4-9-5-7(2)8(6)10-3;;/h4H,1-3H3;;. The summed E-state index contributed by atoms with van der Waals surface area (Å²) in [6.45, 7) is 3.89. The van der Waals surface area contributed by atoms with E-state index in [2.05, 4.69) is 11.2 Å². The van der Waals surface area contributed by atoms with Crippen molar-refractivity contribution >= 4 is 29.6 Å². The topological polar surface area (TPSA) is 22.1 Å². The van der Waals surface area contributed by atoms with Crippen molar-refractivity contribution in [1.29, 1.82) is 0 Å². The van der Waals surface area contributed by atoms with Crippen molar-refractivity contribution in [2.24, 2.45) is 0 Å². The molecule has 0 aliphatic carbocycles. The van der Waals surface area contributed by atoms with Crippen molar-refractivity contribution in [2.75, 3.05) is 7.11 Å². The van der Waals surface area contributed by atoms with Crippen LogP contribution in [0, 0.1) is 20.0 Å². The Hall–Kier alpha value is -0.0500. The van der Waals surface area contributed by atoms with E-state index in [4.69, 9.17) is 4.74 Å². The maximum atomic E-state index is 5.10. The van der Waals surface area contributed by atoms with Crippen molar-refractivity contribution in [1.82, 2.24) is 4.98 Å². The molecule has 0 amide bonds. The molecule has 55 valence electrons. The summed E-state index contributed by atoms with van der Waals surface area (Å²) in [6, 6.07) is 0. The first kappa shape index (κ1) is 11.0. The molecule has 0 atom stereocenters. The Bertz CT molecular complexity index is 217. The van der Waals surface area contributed by atoms with Gasteiger partial charge in [-0.1, -0.05) is 0 Å². The van der Waals surface area contributed by atoms with Gasteiger partial charge in [-0.2, -0.15) is 0 Å². The van der Waals surface area contributed by atoms with Gasteiger partial charge < -0.3 is 4.74 Å². The zero-order chi connectivity index (χ0) is 7.56. The van der Waals surface area contributed by atoms with Gasteiger partial charge in [-0.15, -0.1) is 0 Å². The monoisotopic (exact) mass is 160 g/mol. The van der Waals surface area contributed by atoms with E-state index in [0.717, 1.165) is 16.9 Å². The Morgan fingerprint density at radius 2 is 2.09 bits per heavy atom. The quantitative estimate of drug-likeness (QED) is 0.568. The summed E-state index contributed by atoms with van der Waals surface area (Å²) in [5, 5.41) is 0. The van der Waals surface area contributed by atoms with Crippen LogP contribution in [-0.2, 0) is 0 Å². The molecule has 0 fully saturated rings. The number of ether oxygens (including phenoxy) is 1. The Morgan fingerprint density at radius 3 is 2.45 bits per heavy atom. The Balaban J connectivity index is 0.000001000. The van der Waals surface area contributed by atoms with Crippen LogP contribution in [0.3, 0.4) is 0 Å². The molecule has 1 aromatic heterocycles. The molecular formula is C8H11NNaO. The van der Waals surface area contributed by atoms with Gasteiger partial charge in [0.05, 0.1) is 13.3 Å². The Morgan fingerprint density at radius 1 is 1.45 bits per heavy atom. The molecule has 0 saturated heterocycles. The van der Waals surface area contributed by atoms with Gasteiger partial charge in [0.1, 0.15) is 5.75 Å². The first-order valence-corrected chi connectivity index (χ1v) is 3.13. The molecule has 0 aliphatic heterocycles. The van der Waals surface area contributed by atoms with E-state index in [1.165, 1.54) is 0 Å². The van der Waals surface area contributed by atoms with E-state index < -0.39 is 0 Å². The molecule has 1 rings (SSSR count). The number of hydrogen-bond donors (Lipinski definition) is 0. The zero-order valence-electron chi connectivity index (χ0n) is 6.43. The SMILES string of the molecule is COc1c(C)[c]ncc1C.[NaH]. The van der Waals surface area contributed by atoms with E-state index in [1.807, 2.05) is 13.8 Å². The van der Waals surface area contributed by atoms with E-state index in [0.29, 0.717) is 0 Å². The predicted octanol–water partition coefficient (Wildman–Crippen LogP) is 0.859. The van der Waals surface area contributed by atoms with E-state index in [-0.39, 0.29) is 29.6 Å². The molecule has 0 saturated carbocycles. The van der Waals surface area contributed by atoms with Crippen molar-refractivity contribution in [3.63, 3.8) is 0 Å². The number of hydrogen-bond acceptors (Lipinski definition) is 2. The minimum absolute atomic E-state index is 0. The van der Waals surface area contributed by atoms with Gasteiger partial charge in [-0.3, -0.25) is 4.98 Å². The fraction of sp³-hybridized carbons (Fsp3) is 0.375. The number of aromatic nitrogens is 1. The van der Waals surface area contributed by atoms with Gasteiger partial charge in [0.15, 0.2) is 0 Å². The van der Waals surface area contributed by atoms with E-state index in [1.54, 1.807) is 13.3 Å². The summed E-state index contributed by atoms with van der Waals surface area (Å²) in [6.07, 6.45) is 4.56. The number of rotatable bonds is 1. The molecule has 0 unspecified atom stereocenters. The van der Waals surface area contributed by atoms with Crippen LogP contribution < -0.4 is 4.74 Å². The number of methoxy groups -OCH3 is 1. The fourth-order valence-electron chi connectivity index (χ4n) is 0.945.